The van der Waals surface area contributed by atoms with E-state index in [0.717, 1.165) is 42.7 Å². The molecule has 1 aliphatic carbocycles. The molecule has 3 amide bonds. The van der Waals surface area contributed by atoms with E-state index in [4.69, 9.17) is 0 Å². The first kappa shape index (κ1) is 30.3. The number of hydrogen-bond donors (Lipinski definition) is 4. The van der Waals surface area contributed by atoms with Crippen molar-refractivity contribution in [3.05, 3.63) is 59.2 Å². The van der Waals surface area contributed by atoms with Gasteiger partial charge in [-0.1, -0.05) is 26.2 Å². The molecule has 212 valence electrons. The molecule has 3 rings (SSSR count). The molecule has 0 radical (unpaired) electrons. The van der Waals surface area contributed by atoms with Crippen LogP contribution in [0.1, 0.15) is 71.7 Å². The third-order valence-corrected chi connectivity index (χ3v) is 7.37. The van der Waals surface area contributed by atoms with E-state index in [1.54, 1.807) is 23.9 Å². The molecule has 39 heavy (non-hydrogen) atoms. The molecular weight excluding hydrogens is 529 g/mol. The number of hydrogen-bond acceptors (Lipinski definition) is 5. The number of thioether (sulfide) groups is 1. The number of alkyl halides is 3. The van der Waals surface area contributed by atoms with Crippen molar-refractivity contribution in [1.82, 2.24) is 16.0 Å². The zero-order valence-electron chi connectivity index (χ0n) is 22.1. The van der Waals surface area contributed by atoms with E-state index in [0.29, 0.717) is 24.9 Å². The predicted molar refractivity (Wildman–Crippen MR) is 147 cm³/mol. The number of unbranched alkanes of at least 4 members (excludes halogenated alkanes) is 1. The third kappa shape index (κ3) is 8.91. The van der Waals surface area contributed by atoms with Crippen molar-refractivity contribution in [1.29, 1.82) is 0 Å². The van der Waals surface area contributed by atoms with Crippen LogP contribution in [0.4, 0.5) is 18.9 Å². The summed E-state index contributed by atoms with van der Waals surface area (Å²) in [5, 5.41) is 11.3. The summed E-state index contributed by atoms with van der Waals surface area (Å²) in [6, 6.07) is 9.61. The van der Waals surface area contributed by atoms with Crippen LogP contribution in [-0.2, 0) is 11.0 Å². The molecule has 0 spiro atoms. The number of carbonyl (C=O) groups excluding carboxylic acids is 3. The summed E-state index contributed by atoms with van der Waals surface area (Å²) in [5.41, 5.74) is -0.318. The maximum atomic E-state index is 13.3. The summed E-state index contributed by atoms with van der Waals surface area (Å²) in [6.45, 7) is 2.07. The van der Waals surface area contributed by atoms with Crippen LogP contribution in [0.25, 0.3) is 0 Å². The summed E-state index contributed by atoms with van der Waals surface area (Å²) in [4.78, 5) is 39.3. The maximum Gasteiger partial charge on any atom is 0.416 e. The first-order valence-electron chi connectivity index (χ1n) is 13.1. The molecule has 0 aromatic heterocycles. The predicted octanol–water partition coefficient (Wildman–Crippen LogP) is 5.23. The lowest BCUT2D eigenvalue weighted by atomic mass is 9.90. The van der Waals surface area contributed by atoms with Gasteiger partial charge in [-0.05, 0) is 68.0 Å². The molecule has 7 nitrogen and oxygen atoms in total. The van der Waals surface area contributed by atoms with E-state index in [-0.39, 0.29) is 29.2 Å². The van der Waals surface area contributed by atoms with Crippen LogP contribution >= 0.6 is 11.8 Å². The normalized spacial score (nSPS) is 17.3. The fourth-order valence-corrected chi connectivity index (χ4v) is 4.85. The lowest BCUT2D eigenvalue weighted by molar-refractivity contribution is -0.137. The summed E-state index contributed by atoms with van der Waals surface area (Å²) in [6.07, 6.45) is 2.15. The quantitative estimate of drug-likeness (QED) is 0.221. The Hall–Kier alpha value is -3.21. The number of benzene rings is 2. The lowest BCUT2D eigenvalue weighted by Gasteiger charge is -2.33. The van der Waals surface area contributed by atoms with E-state index in [9.17, 15) is 27.6 Å². The molecule has 2 unspecified atom stereocenters. The van der Waals surface area contributed by atoms with Crippen molar-refractivity contribution >= 4 is 35.2 Å². The largest absolute Gasteiger partial charge is 0.416 e. The fourth-order valence-electron chi connectivity index (χ4n) is 4.45. The zero-order chi connectivity index (χ0) is 28.4. The number of anilines is 1. The molecule has 0 saturated heterocycles. The van der Waals surface area contributed by atoms with Crippen molar-refractivity contribution in [3.63, 3.8) is 0 Å². The van der Waals surface area contributed by atoms with Crippen LogP contribution in [0.5, 0.6) is 0 Å². The van der Waals surface area contributed by atoms with Gasteiger partial charge in [0.15, 0.2) is 0 Å². The van der Waals surface area contributed by atoms with E-state index < -0.39 is 30.1 Å². The number of halogens is 3. The molecule has 0 heterocycles. The SMILES string of the molecule is CCCCNc1ccc(C(F)(F)F)cc1C(=O)NCC(=O)NC1CCCCC1NC(=O)c1ccc(SC)cc1. The molecule has 1 saturated carbocycles. The average molecular weight is 565 g/mol. The third-order valence-electron chi connectivity index (χ3n) is 6.63. The Bertz CT molecular complexity index is 1140. The highest BCUT2D eigenvalue weighted by atomic mass is 32.2. The molecule has 2 atom stereocenters. The molecule has 2 aromatic rings. The second-order valence-corrected chi connectivity index (χ2v) is 10.4. The van der Waals surface area contributed by atoms with Crippen LogP contribution in [0, 0.1) is 0 Å². The Balaban J connectivity index is 1.61. The topological polar surface area (TPSA) is 99.3 Å². The number of carbonyl (C=O) groups is 3. The minimum atomic E-state index is -4.61. The summed E-state index contributed by atoms with van der Waals surface area (Å²) < 4.78 is 39.8. The van der Waals surface area contributed by atoms with E-state index in [2.05, 4.69) is 21.3 Å². The summed E-state index contributed by atoms with van der Waals surface area (Å²) in [7, 11) is 0. The highest BCUT2D eigenvalue weighted by molar-refractivity contribution is 7.98. The van der Waals surface area contributed by atoms with Gasteiger partial charge >= 0.3 is 6.18 Å². The first-order chi connectivity index (χ1) is 18.6. The number of nitrogens with one attached hydrogen (secondary N) is 4. The van der Waals surface area contributed by atoms with Crippen LogP contribution in [0.3, 0.4) is 0 Å². The van der Waals surface area contributed by atoms with Crippen molar-refractivity contribution in [2.45, 2.75) is 68.6 Å². The van der Waals surface area contributed by atoms with Crippen molar-refractivity contribution in [3.8, 4) is 0 Å². The first-order valence-corrected chi connectivity index (χ1v) is 14.3. The van der Waals surface area contributed by atoms with E-state index in [1.807, 2.05) is 25.3 Å². The number of amides is 3. The number of rotatable bonds is 11. The molecule has 2 aromatic carbocycles. The Morgan fingerprint density at radius 2 is 1.62 bits per heavy atom. The minimum Gasteiger partial charge on any atom is -0.384 e. The monoisotopic (exact) mass is 564 g/mol. The second kappa shape index (κ2) is 14.3. The maximum absolute atomic E-state index is 13.3. The highest BCUT2D eigenvalue weighted by Gasteiger charge is 2.32. The highest BCUT2D eigenvalue weighted by Crippen LogP contribution is 2.32. The van der Waals surface area contributed by atoms with Gasteiger partial charge in [-0.2, -0.15) is 13.2 Å². The summed E-state index contributed by atoms with van der Waals surface area (Å²) in [5.74, 6) is -1.49. The Kier molecular flexibility index (Phi) is 11.1. The van der Waals surface area contributed by atoms with Gasteiger partial charge in [0, 0.05) is 34.8 Å². The molecule has 4 N–H and O–H groups in total. The van der Waals surface area contributed by atoms with Crippen LogP contribution in [0.15, 0.2) is 47.4 Å². The Morgan fingerprint density at radius 3 is 2.23 bits per heavy atom. The zero-order valence-corrected chi connectivity index (χ0v) is 22.9. The molecule has 11 heteroatoms. The van der Waals surface area contributed by atoms with Gasteiger partial charge in [-0.15, -0.1) is 11.8 Å². The van der Waals surface area contributed by atoms with Crippen LogP contribution < -0.4 is 21.3 Å². The molecule has 0 bridgehead atoms. The van der Waals surface area contributed by atoms with Crippen LogP contribution in [0.2, 0.25) is 0 Å². The van der Waals surface area contributed by atoms with Gasteiger partial charge in [-0.3, -0.25) is 14.4 Å². The molecular formula is C28H35F3N4O3S. The molecule has 1 aliphatic rings. The van der Waals surface area contributed by atoms with Gasteiger partial charge in [0.1, 0.15) is 0 Å². The van der Waals surface area contributed by atoms with Crippen molar-refractivity contribution in [2.75, 3.05) is 24.7 Å². The molecule has 0 aliphatic heterocycles. The van der Waals surface area contributed by atoms with Crippen molar-refractivity contribution < 1.29 is 27.6 Å². The smallest absolute Gasteiger partial charge is 0.384 e. The Labute approximate surface area is 231 Å². The van der Waals surface area contributed by atoms with Gasteiger partial charge in [0.05, 0.1) is 17.7 Å². The van der Waals surface area contributed by atoms with Gasteiger partial charge in [-0.25, -0.2) is 0 Å². The van der Waals surface area contributed by atoms with Crippen molar-refractivity contribution in [2.24, 2.45) is 0 Å². The van der Waals surface area contributed by atoms with Crippen LogP contribution in [-0.4, -0.2) is 49.2 Å². The second-order valence-electron chi connectivity index (χ2n) is 9.49. The average Bonchev–Trinajstić information content (AvgIpc) is 2.92. The Morgan fingerprint density at radius 1 is 0.949 bits per heavy atom. The van der Waals surface area contributed by atoms with E-state index in [1.165, 1.54) is 6.07 Å². The van der Waals surface area contributed by atoms with Gasteiger partial charge in [0.25, 0.3) is 11.8 Å². The fraction of sp³-hybridized carbons (Fsp3) is 0.464. The van der Waals surface area contributed by atoms with Gasteiger partial charge in [0.2, 0.25) is 5.91 Å². The van der Waals surface area contributed by atoms with E-state index >= 15 is 0 Å². The van der Waals surface area contributed by atoms with Gasteiger partial charge < -0.3 is 21.3 Å². The minimum absolute atomic E-state index is 0.177. The standard InChI is InChI=1S/C28H35F3N4O3S/c1-3-4-15-32-22-14-11-19(28(29,30)31)16-21(22)27(38)33-17-25(36)34-23-7-5-6-8-24(23)35-26(37)18-9-12-20(39-2)13-10-18/h9-14,16,23-24,32H,3-8,15,17H2,1-2H3,(H,33,38)(H,34,36)(H,35,37). The summed E-state index contributed by atoms with van der Waals surface area (Å²) >= 11 is 1.58. The molecule has 1 fully saturated rings. The lowest BCUT2D eigenvalue weighted by Crippen LogP contribution is -2.54.